The summed E-state index contributed by atoms with van der Waals surface area (Å²) in [6, 6.07) is 30.5. The molecule has 0 saturated heterocycles. The molecule has 0 aliphatic heterocycles. The Balaban J connectivity index is 1.42. The highest BCUT2D eigenvalue weighted by Crippen LogP contribution is 2.25. The summed E-state index contributed by atoms with van der Waals surface area (Å²) < 4.78 is 0. The number of carbonyl (C=O) groups excluding carboxylic acids is 2. The predicted molar refractivity (Wildman–Crippen MR) is 163 cm³/mol. The van der Waals surface area contributed by atoms with Gasteiger partial charge >= 0.3 is 0 Å². The lowest BCUT2D eigenvalue weighted by atomic mass is 10.1. The molecule has 0 fully saturated rings. The summed E-state index contributed by atoms with van der Waals surface area (Å²) in [6.07, 6.45) is 3.44. The number of nitrogen functional groups attached to an aromatic ring is 1. The van der Waals surface area contributed by atoms with Gasteiger partial charge in [0.05, 0.1) is 11.7 Å². The Morgan fingerprint density at radius 1 is 0.829 bits per heavy atom. The summed E-state index contributed by atoms with van der Waals surface area (Å²) in [4.78, 5) is 39.8. The first-order valence-corrected chi connectivity index (χ1v) is 14.2. The minimum Gasteiger partial charge on any atom is -0.375 e. The fraction of sp³-hybridized carbons (Fsp3) is 0.152. The van der Waals surface area contributed by atoms with Crippen LogP contribution >= 0.6 is 11.3 Å². The molecule has 0 aliphatic carbocycles. The zero-order valence-corrected chi connectivity index (χ0v) is 23.6. The second-order valence-corrected chi connectivity index (χ2v) is 10.6. The van der Waals surface area contributed by atoms with Crippen molar-refractivity contribution in [2.45, 2.75) is 26.1 Å². The molecule has 41 heavy (non-hydrogen) atoms. The third kappa shape index (κ3) is 7.04. The van der Waals surface area contributed by atoms with Crippen LogP contribution in [0.1, 0.15) is 40.0 Å². The van der Waals surface area contributed by atoms with E-state index in [2.05, 4.69) is 9.97 Å². The van der Waals surface area contributed by atoms with Gasteiger partial charge < -0.3 is 15.5 Å². The fourth-order valence-electron chi connectivity index (χ4n) is 4.68. The van der Waals surface area contributed by atoms with E-state index < -0.39 is 0 Å². The number of pyridine rings is 1. The molecule has 2 amide bonds. The van der Waals surface area contributed by atoms with Crippen LogP contribution in [0.2, 0.25) is 0 Å². The van der Waals surface area contributed by atoms with E-state index in [-0.39, 0.29) is 24.4 Å². The quantitative estimate of drug-likeness (QED) is 0.219. The van der Waals surface area contributed by atoms with Gasteiger partial charge in [0.2, 0.25) is 5.91 Å². The Morgan fingerprint density at radius 3 is 2.10 bits per heavy atom. The second kappa shape index (κ2) is 13.0. The van der Waals surface area contributed by atoms with Crippen molar-refractivity contribution in [1.29, 1.82) is 0 Å². The molecule has 0 spiro atoms. The molecule has 2 heterocycles. The molecular weight excluding hydrogens is 530 g/mol. The van der Waals surface area contributed by atoms with Gasteiger partial charge in [-0.25, -0.2) is 4.98 Å². The van der Waals surface area contributed by atoms with E-state index in [9.17, 15) is 9.59 Å². The third-order valence-corrected chi connectivity index (χ3v) is 7.63. The van der Waals surface area contributed by atoms with Crippen molar-refractivity contribution in [1.82, 2.24) is 19.8 Å². The number of benzene rings is 3. The molecule has 2 N–H and O–H groups in total. The maximum absolute atomic E-state index is 14.0. The van der Waals surface area contributed by atoms with Crippen molar-refractivity contribution in [2.75, 3.05) is 12.3 Å². The van der Waals surface area contributed by atoms with Gasteiger partial charge in [-0.15, -0.1) is 11.3 Å². The van der Waals surface area contributed by atoms with Crippen molar-refractivity contribution in [3.05, 3.63) is 137 Å². The molecule has 2 aromatic heterocycles. The molecule has 5 rings (SSSR count). The van der Waals surface area contributed by atoms with Crippen molar-refractivity contribution < 1.29 is 9.59 Å². The lowest BCUT2D eigenvalue weighted by Crippen LogP contribution is -2.43. The van der Waals surface area contributed by atoms with Gasteiger partial charge in [-0.1, -0.05) is 72.8 Å². The van der Waals surface area contributed by atoms with Gasteiger partial charge in [0.15, 0.2) is 5.13 Å². The summed E-state index contributed by atoms with van der Waals surface area (Å²) >= 11 is 1.37. The molecule has 0 radical (unpaired) electrons. The predicted octanol–water partition coefficient (Wildman–Crippen LogP) is 6.22. The lowest BCUT2D eigenvalue weighted by Gasteiger charge is -2.32. The van der Waals surface area contributed by atoms with E-state index in [1.54, 1.807) is 29.4 Å². The highest BCUT2D eigenvalue weighted by atomic mass is 32.1. The summed E-state index contributed by atoms with van der Waals surface area (Å²) in [6.45, 7) is 2.65. The van der Waals surface area contributed by atoms with Crippen LogP contribution in [-0.2, 0) is 17.9 Å². The number of nitrogens with zero attached hydrogens (tertiary/aromatic N) is 4. The van der Waals surface area contributed by atoms with E-state index in [0.29, 0.717) is 23.8 Å². The Morgan fingerprint density at radius 2 is 1.46 bits per heavy atom. The van der Waals surface area contributed by atoms with Crippen LogP contribution in [0, 0.1) is 0 Å². The van der Waals surface area contributed by atoms with Crippen LogP contribution in [0.5, 0.6) is 0 Å². The molecule has 0 bridgehead atoms. The van der Waals surface area contributed by atoms with E-state index in [0.717, 1.165) is 27.9 Å². The third-order valence-electron chi connectivity index (χ3n) is 6.95. The minimum atomic E-state index is -0.220. The SMILES string of the molecule is C[C@@H](c1ccccc1)N(Cc1ccncc1)C(=O)CN(Cc1ccccc1)C(=O)c1ccc(-c2csc(N)n2)cc1. The van der Waals surface area contributed by atoms with Crippen LogP contribution < -0.4 is 5.73 Å². The average molecular weight is 562 g/mol. The molecule has 3 aromatic carbocycles. The molecular formula is C33H31N5O2S. The summed E-state index contributed by atoms with van der Waals surface area (Å²) in [7, 11) is 0. The molecule has 1 atom stereocenters. The first-order chi connectivity index (χ1) is 20.0. The molecule has 7 nitrogen and oxygen atoms in total. The summed E-state index contributed by atoms with van der Waals surface area (Å²) in [5, 5.41) is 2.38. The number of amides is 2. The van der Waals surface area contributed by atoms with E-state index in [1.165, 1.54) is 11.3 Å². The van der Waals surface area contributed by atoms with Crippen LogP contribution in [0.3, 0.4) is 0 Å². The number of thiazole rings is 1. The zero-order chi connectivity index (χ0) is 28.6. The van der Waals surface area contributed by atoms with Gasteiger partial charge in [-0.2, -0.15) is 0 Å². The van der Waals surface area contributed by atoms with Gasteiger partial charge in [-0.3, -0.25) is 14.6 Å². The van der Waals surface area contributed by atoms with Crippen LogP contribution in [0.25, 0.3) is 11.3 Å². The largest absolute Gasteiger partial charge is 0.375 e. The van der Waals surface area contributed by atoms with Gasteiger partial charge in [0, 0.05) is 42.0 Å². The standard InChI is InChI=1S/C33H31N5O2S/c1-24(27-10-6-3-7-11-27)38(21-26-16-18-35-19-17-26)31(39)22-37(20-25-8-4-2-5-9-25)32(40)29-14-12-28(13-15-29)30-23-41-33(34)36-30/h2-19,23-24H,20-22H2,1H3,(H2,34,36)/t24-/m0/s1. The Bertz CT molecular complexity index is 1570. The second-order valence-electron chi connectivity index (χ2n) is 9.76. The molecule has 0 unspecified atom stereocenters. The van der Waals surface area contributed by atoms with Crippen LogP contribution in [0.4, 0.5) is 5.13 Å². The summed E-state index contributed by atoms with van der Waals surface area (Å²) in [5.41, 5.74) is 10.9. The van der Waals surface area contributed by atoms with Crippen molar-refractivity contribution in [3.8, 4) is 11.3 Å². The highest BCUT2D eigenvalue weighted by molar-refractivity contribution is 7.13. The molecule has 0 aliphatic rings. The number of hydrogen-bond acceptors (Lipinski definition) is 6. The molecule has 8 heteroatoms. The fourth-order valence-corrected chi connectivity index (χ4v) is 5.25. The van der Waals surface area contributed by atoms with Gasteiger partial charge in [0.25, 0.3) is 5.91 Å². The Kier molecular flexibility index (Phi) is 8.81. The first-order valence-electron chi connectivity index (χ1n) is 13.4. The molecule has 0 saturated carbocycles. The number of carbonyl (C=O) groups is 2. The van der Waals surface area contributed by atoms with Crippen LogP contribution in [0.15, 0.2) is 115 Å². The molecule has 5 aromatic rings. The number of rotatable bonds is 10. The average Bonchev–Trinajstić information content (AvgIpc) is 3.46. The van der Waals surface area contributed by atoms with Crippen molar-refractivity contribution in [3.63, 3.8) is 0 Å². The summed E-state index contributed by atoms with van der Waals surface area (Å²) in [5.74, 6) is -0.361. The Hall–Kier alpha value is -4.82. The number of aromatic nitrogens is 2. The number of anilines is 1. The van der Waals surface area contributed by atoms with Crippen molar-refractivity contribution in [2.24, 2.45) is 0 Å². The minimum absolute atomic E-state index is 0.0691. The number of nitrogens with two attached hydrogens (primary N) is 1. The van der Waals surface area contributed by atoms with Crippen LogP contribution in [-0.4, -0.2) is 38.1 Å². The highest BCUT2D eigenvalue weighted by Gasteiger charge is 2.26. The van der Waals surface area contributed by atoms with Gasteiger partial charge in [0.1, 0.15) is 6.54 Å². The maximum Gasteiger partial charge on any atom is 0.254 e. The van der Waals surface area contributed by atoms with E-state index in [1.807, 2.05) is 102 Å². The topological polar surface area (TPSA) is 92.4 Å². The number of hydrogen-bond donors (Lipinski definition) is 1. The maximum atomic E-state index is 14.0. The van der Waals surface area contributed by atoms with Crippen molar-refractivity contribution >= 4 is 28.3 Å². The molecule has 206 valence electrons. The Labute approximate surface area is 243 Å². The monoisotopic (exact) mass is 561 g/mol. The first kappa shape index (κ1) is 27.7. The van der Waals surface area contributed by atoms with E-state index >= 15 is 0 Å². The smallest absolute Gasteiger partial charge is 0.254 e. The van der Waals surface area contributed by atoms with E-state index in [4.69, 9.17) is 5.73 Å². The normalized spacial score (nSPS) is 11.5. The van der Waals surface area contributed by atoms with Gasteiger partial charge in [-0.05, 0) is 47.9 Å². The zero-order valence-electron chi connectivity index (χ0n) is 22.8. The lowest BCUT2D eigenvalue weighted by molar-refractivity contribution is -0.135.